The number of nitrogens with one attached hydrogen (secondary N) is 1. The maximum absolute atomic E-state index is 13.7. The van der Waals surface area contributed by atoms with Crippen LogP contribution >= 0.6 is 11.6 Å². The number of hydrogen-bond acceptors (Lipinski definition) is 7. The zero-order chi connectivity index (χ0) is 28.2. The SMILES string of the molecule is CCn1cc(S(=O)(=O)N2CC([C@H]3C[C@@H]3C(=O)O)Oc3ccc(NC(=O)OC(C)(C)C(F)(F)F)cc32)c(Cl)n1. The summed E-state index contributed by atoms with van der Waals surface area (Å²) in [6.07, 6.45) is -5.48. The van der Waals surface area contributed by atoms with Crippen LogP contribution in [0.3, 0.4) is 0 Å². The van der Waals surface area contributed by atoms with Gasteiger partial charge in [0.2, 0.25) is 5.60 Å². The van der Waals surface area contributed by atoms with Crippen molar-refractivity contribution in [2.24, 2.45) is 11.8 Å². The molecular formula is C22H24ClF3N4O7S. The van der Waals surface area contributed by atoms with Gasteiger partial charge in [0.05, 0.1) is 18.2 Å². The van der Waals surface area contributed by atoms with Crippen molar-refractivity contribution in [1.29, 1.82) is 0 Å². The summed E-state index contributed by atoms with van der Waals surface area (Å²) in [5.41, 5.74) is -2.89. The van der Waals surface area contributed by atoms with Crippen molar-refractivity contribution in [1.82, 2.24) is 9.78 Å². The molecule has 0 radical (unpaired) electrons. The molecule has 0 spiro atoms. The Morgan fingerprint density at radius 2 is 2.00 bits per heavy atom. The van der Waals surface area contributed by atoms with E-state index in [1.54, 1.807) is 6.92 Å². The highest BCUT2D eigenvalue weighted by atomic mass is 35.5. The van der Waals surface area contributed by atoms with Crippen LogP contribution < -0.4 is 14.4 Å². The molecule has 38 heavy (non-hydrogen) atoms. The summed E-state index contributed by atoms with van der Waals surface area (Å²) in [5.74, 6) is -2.09. The summed E-state index contributed by atoms with van der Waals surface area (Å²) in [6, 6.07) is 3.81. The minimum absolute atomic E-state index is 0.0398. The minimum atomic E-state index is -4.83. The highest BCUT2D eigenvalue weighted by Crippen LogP contribution is 2.48. The van der Waals surface area contributed by atoms with E-state index in [-0.39, 0.29) is 33.7 Å². The third-order valence-electron chi connectivity index (χ3n) is 6.34. The van der Waals surface area contributed by atoms with E-state index in [9.17, 15) is 36.3 Å². The normalized spacial score (nSPS) is 21.3. The van der Waals surface area contributed by atoms with Crippen molar-refractivity contribution in [2.45, 2.75) is 56.5 Å². The van der Waals surface area contributed by atoms with Crippen molar-refractivity contribution >= 4 is 45.1 Å². The number of aromatic nitrogens is 2. The van der Waals surface area contributed by atoms with Crippen molar-refractivity contribution in [3.05, 3.63) is 29.5 Å². The number of aryl methyl sites for hydroxylation is 1. The van der Waals surface area contributed by atoms with Gasteiger partial charge in [0.15, 0.2) is 5.15 Å². The number of sulfonamides is 1. The number of nitrogens with zero attached hydrogens (tertiary/aromatic N) is 3. The molecular weight excluding hydrogens is 557 g/mol. The standard InChI is InChI=1S/C22H24ClF3N4O7S/c1-4-29-10-17(18(23)28-29)38(34,35)30-9-16(12-8-13(12)19(31)32)36-15-6-5-11(7-14(15)30)27-20(33)37-21(2,3)22(24,25)26/h5-7,10,12-13,16H,4,8-9H2,1-3H3,(H,27,33)(H,31,32)/t12-,13-,16?/m0/s1. The lowest BCUT2D eigenvalue weighted by molar-refractivity contribution is -0.242. The van der Waals surface area contributed by atoms with Gasteiger partial charge in [-0.1, -0.05) is 11.6 Å². The van der Waals surface area contributed by atoms with E-state index in [1.165, 1.54) is 29.1 Å². The number of rotatable bonds is 7. The van der Waals surface area contributed by atoms with Crippen LogP contribution in [0.25, 0.3) is 0 Å². The molecule has 1 fully saturated rings. The number of carbonyl (C=O) groups is 2. The summed E-state index contributed by atoms with van der Waals surface area (Å²) < 4.78 is 79.4. The second kappa shape index (κ2) is 9.52. The van der Waals surface area contributed by atoms with Crippen LogP contribution in [0.1, 0.15) is 27.2 Å². The quantitative estimate of drug-likeness (QED) is 0.498. The molecule has 1 amide bonds. The van der Waals surface area contributed by atoms with Crippen LogP contribution in [0, 0.1) is 11.8 Å². The number of carbonyl (C=O) groups excluding carboxylic acids is 1. The molecule has 2 aliphatic rings. The first kappa shape index (κ1) is 27.8. The first-order valence-corrected chi connectivity index (χ1v) is 13.2. The Labute approximate surface area is 220 Å². The Hall–Kier alpha value is -3.20. The smallest absolute Gasteiger partial charge is 0.427 e. The van der Waals surface area contributed by atoms with Crippen LogP contribution in [-0.4, -0.2) is 59.8 Å². The molecule has 4 rings (SSSR count). The lowest BCUT2D eigenvalue weighted by Crippen LogP contribution is -2.45. The molecule has 208 valence electrons. The molecule has 1 unspecified atom stereocenters. The zero-order valence-corrected chi connectivity index (χ0v) is 21.9. The number of amides is 1. The molecule has 2 heterocycles. The van der Waals surface area contributed by atoms with Crippen molar-refractivity contribution in [2.75, 3.05) is 16.2 Å². The average Bonchev–Trinajstić information content (AvgIpc) is 3.52. The number of halogens is 4. The van der Waals surface area contributed by atoms with E-state index in [4.69, 9.17) is 16.3 Å². The van der Waals surface area contributed by atoms with E-state index in [1.807, 2.05) is 0 Å². The Kier molecular flexibility index (Phi) is 6.97. The Bertz CT molecular complexity index is 1380. The van der Waals surface area contributed by atoms with Crippen molar-refractivity contribution < 1.29 is 45.8 Å². The molecule has 1 aromatic carbocycles. The van der Waals surface area contributed by atoms with Gasteiger partial charge < -0.3 is 14.6 Å². The lowest BCUT2D eigenvalue weighted by Gasteiger charge is -2.36. The van der Waals surface area contributed by atoms with Crippen LogP contribution in [0.2, 0.25) is 5.15 Å². The number of benzene rings is 1. The van der Waals surface area contributed by atoms with Gasteiger partial charge in [-0.05, 0) is 45.4 Å². The highest BCUT2D eigenvalue weighted by Gasteiger charge is 2.53. The highest BCUT2D eigenvalue weighted by molar-refractivity contribution is 7.93. The van der Waals surface area contributed by atoms with Gasteiger partial charge in [0.1, 0.15) is 16.7 Å². The Morgan fingerprint density at radius 1 is 1.32 bits per heavy atom. The second-order valence-corrected chi connectivity index (χ2v) is 11.6. The second-order valence-electron chi connectivity index (χ2n) is 9.38. The molecule has 3 atom stereocenters. The van der Waals surface area contributed by atoms with E-state index in [0.717, 1.165) is 4.31 Å². The number of fused-ring (bicyclic) bond motifs is 1. The van der Waals surface area contributed by atoms with Gasteiger partial charge in [0, 0.05) is 24.3 Å². The zero-order valence-electron chi connectivity index (χ0n) is 20.3. The molecule has 16 heteroatoms. The van der Waals surface area contributed by atoms with Crippen LogP contribution in [0.5, 0.6) is 5.75 Å². The monoisotopic (exact) mass is 580 g/mol. The molecule has 1 aliphatic heterocycles. The third-order valence-corrected chi connectivity index (χ3v) is 8.51. The first-order chi connectivity index (χ1) is 17.5. The number of aliphatic carboxylic acids is 1. The summed E-state index contributed by atoms with van der Waals surface area (Å²) >= 11 is 6.12. The fraction of sp³-hybridized carbons (Fsp3) is 0.500. The van der Waals surface area contributed by atoms with Gasteiger partial charge in [-0.3, -0.25) is 19.1 Å². The fourth-order valence-electron chi connectivity index (χ4n) is 3.98. The molecule has 11 nitrogen and oxygen atoms in total. The van der Waals surface area contributed by atoms with Gasteiger partial charge in [-0.2, -0.15) is 18.3 Å². The molecule has 1 aromatic heterocycles. The molecule has 2 N–H and O–H groups in total. The first-order valence-electron chi connectivity index (χ1n) is 11.4. The van der Waals surface area contributed by atoms with Gasteiger partial charge in [-0.25, -0.2) is 13.2 Å². The predicted molar refractivity (Wildman–Crippen MR) is 128 cm³/mol. The molecule has 0 bridgehead atoms. The Morgan fingerprint density at radius 3 is 2.55 bits per heavy atom. The molecule has 1 saturated carbocycles. The van der Waals surface area contributed by atoms with E-state index >= 15 is 0 Å². The lowest BCUT2D eigenvalue weighted by atomic mass is 10.1. The van der Waals surface area contributed by atoms with E-state index in [2.05, 4.69) is 15.2 Å². The maximum atomic E-state index is 13.7. The number of carboxylic acids is 1. The van der Waals surface area contributed by atoms with Crippen LogP contribution in [0.15, 0.2) is 29.3 Å². The van der Waals surface area contributed by atoms with Gasteiger partial charge >= 0.3 is 18.2 Å². The summed E-state index contributed by atoms with van der Waals surface area (Å²) in [6.45, 7) is 3.17. The van der Waals surface area contributed by atoms with Gasteiger partial charge in [-0.15, -0.1) is 0 Å². The number of hydrogen-bond donors (Lipinski definition) is 2. The third kappa shape index (κ3) is 5.21. The van der Waals surface area contributed by atoms with E-state index < -0.39 is 51.8 Å². The van der Waals surface area contributed by atoms with Gasteiger partial charge in [0.25, 0.3) is 10.0 Å². The van der Waals surface area contributed by atoms with Crippen LogP contribution in [-0.2, 0) is 26.1 Å². The number of alkyl halides is 3. The number of anilines is 2. The van der Waals surface area contributed by atoms with E-state index in [0.29, 0.717) is 26.8 Å². The predicted octanol–water partition coefficient (Wildman–Crippen LogP) is 4.12. The largest absolute Gasteiger partial charge is 0.486 e. The number of ether oxygens (including phenoxy) is 2. The average molecular weight is 581 g/mol. The topological polar surface area (TPSA) is 140 Å². The minimum Gasteiger partial charge on any atom is -0.486 e. The van der Waals surface area contributed by atoms with Crippen molar-refractivity contribution in [3.8, 4) is 5.75 Å². The van der Waals surface area contributed by atoms with Crippen LogP contribution in [0.4, 0.5) is 29.3 Å². The number of carboxylic acid groups (broad SMARTS) is 1. The summed E-state index contributed by atoms with van der Waals surface area (Å²) in [5, 5.41) is 15.2. The molecule has 1 aliphatic carbocycles. The molecule has 0 saturated heterocycles. The Balaban J connectivity index is 1.68. The fourth-order valence-corrected chi connectivity index (χ4v) is 5.91. The molecule has 2 aromatic rings. The summed E-state index contributed by atoms with van der Waals surface area (Å²) in [7, 11) is -4.37. The maximum Gasteiger partial charge on any atom is 0.427 e. The van der Waals surface area contributed by atoms with Crippen molar-refractivity contribution in [3.63, 3.8) is 0 Å². The summed E-state index contributed by atoms with van der Waals surface area (Å²) in [4.78, 5) is 23.3.